The summed E-state index contributed by atoms with van der Waals surface area (Å²) in [5.74, 6) is 1.68. The van der Waals surface area contributed by atoms with E-state index in [1.54, 1.807) is 6.26 Å². The van der Waals surface area contributed by atoms with E-state index in [2.05, 4.69) is 22.2 Å². The Morgan fingerprint density at radius 3 is 2.57 bits per heavy atom. The molecule has 0 saturated heterocycles. The predicted octanol–water partition coefficient (Wildman–Crippen LogP) is 3.56. The second-order valence-corrected chi connectivity index (χ2v) is 5.09. The molecular formula is C16H18N4O. The van der Waals surface area contributed by atoms with Crippen LogP contribution in [0, 0.1) is 6.92 Å². The number of rotatable bonds is 4. The molecule has 21 heavy (non-hydrogen) atoms. The van der Waals surface area contributed by atoms with E-state index in [9.17, 15) is 0 Å². The van der Waals surface area contributed by atoms with E-state index in [-0.39, 0.29) is 6.04 Å². The van der Waals surface area contributed by atoms with Crippen LogP contribution in [0.5, 0.6) is 0 Å². The van der Waals surface area contributed by atoms with E-state index in [1.807, 2.05) is 55.2 Å². The van der Waals surface area contributed by atoms with Gasteiger partial charge >= 0.3 is 0 Å². The molecule has 2 aromatic heterocycles. The average molecular weight is 282 g/mol. The summed E-state index contributed by atoms with van der Waals surface area (Å²) in [6.07, 6.45) is 5.43. The molecule has 0 amide bonds. The molecule has 0 fully saturated rings. The summed E-state index contributed by atoms with van der Waals surface area (Å²) in [6.45, 7) is 3.94. The van der Waals surface area contributed by atoms with Crippen LogP contribution in [-0.4, -0.2) is 14.5 Å². The van der Waals surface area contributed by atoms with E-state index in [1.165, 1.54) is 0 Å². The van der Waals surface area contributed by atoms with Crippen molar-refractivity contribution in [2.24, 2.45) is 7.05 Å². The second kappa shape index (κ2) is 5.44. The van der Waals surface area contributed by atoms with E-state index in [0.717, 1.165) is 22.8 Å². The number of hydrogen-bond donors (Lipinski definition) is 1. The molecule has 1 atom stereocenters. The van der Waals surface area contributed by atoms with Crippen molar-refractivity contribution in [1.29, 1.82) is 0 Å². The fourth-order valence-corrected chi connectivity index (χ4v) is 2.34. The molecule has 5 heteroatoms. The molecule has 5 nitrogen and oxygen atoms in total. The Bertz CT molecular complexity index is 727. The van der Waals surface area contributed by atoms with E-state index in [0.29, 0.717) is 5.89 Å². The number of hydrogen-bond acceptors (Lipinski definition) is 4. The van der Waals surface area contributed by atoms with Gasteiger partial charge in [0.05, 0.1) is 6.04 Å². The average Bonchev–Trinajstić information content (AvgIpc) is 3.08. The normalized spacial score (nSPS) is 12.3. The summed E-state index contributed by atoms with van der Waals surface area (Å²) < 4.78 is 7.26. The topological polar surface area (TPSA) is 55.9 Å². The summed E-state index contributed by atoms with van der Waals surface area (Å²) in [5.41, 5.74) is 2.95. The van der Waals surface area contributed by atoms with Gasteiger partial charge in [0, 0.05) is 37.6 Å². The first-order valence-electron chi connectivity index (χ1n) is 6.90. The summed E-state index contributed by atoms with van der Waals surface area (Å²) >= 11 is 0. The minimum atomic E-state index is 0.144. The molecule has 1 unspecified atom stereocenters. The molecule has 2 heterocycles. The van der Waals surface area contributed by atoms with Crippen LogP contribution >= 0.6 is 0 Å². The molecule has 1 aromatic carbocycles. The third kappa shape index (κ3) is 2.81. The highest BCUT2D eigenvalue weighted by molar-refractivity contribution is 5.62. The number of benzene rings is 1. The highest BCUT2D eigenvalue weighted by atomic mass is 16.3. The molecule has 0 bridgehead atoms. The molecule has 0 spiro atoms. The van der Waals surface area contributed by atoms with Gasteiger partial charge in [0.15, 0.2) is 5.89 Å². The van der Waals surface area contributed by atoms with Gasteiger partial charge in [-0.15, -0.1) is 0 Å². The fourth-order valence-electron chi connectivity index (χ4n) is 2.34. The zero-order chi connectivity index (χ0) is 14.8. The van der Waals surface area contributed by atoms with Gasteiger partial charge in [0.2, 0.25) is 0 Å². The van der Waals surface area contributed by atoms with Gasteiger partial charge < -0.3 is 14.3 Å². The van der Waals surface area contributed by atoms with Gasteiger partial charge in [0.1, 0.15) is 17.8 Å². The molecule has 0 aliphatic rings. The number of nitrogens with zero attached hydrogens (tertiary/aromatic N) is 3. The quantitative estimate of drug-likeness (QED) is 0.795. The molecule has 0 radical (unpaired) electrons. The first kappa shape index (κ1) is 13.4. The highest BCUT2D eigenvalue weighted by Crippen LogP contribution is 2.23. The number of nitrogens with one attached hydrogen (secondary N) is 1. The van der Waals surface area contributed by atoms with Gasteiger partial charge in [-0.05, 0) is 19.1 Å². The van der Waals surface area contributed by atoms with Gasteiger partial charge in [-0.3, -0.25) is 0 Å². The zero-order valence-electron chi connectivity index (χ0n) is 12.4. The molecule has 108 valence electrons. The summed E-state index contributed by atoms with van der Waals surface area (Å²) in [7, 11) is 2.00. The Labute approximate surface area is 123 Å². The maximum absolute atomic E-state index is 5.24. The maximum atomic E-state index is 5.24. The maximum Gasteiger partial charge on any atom is 0.191 e. The highest BCUT2D eigenvalue weighted by Gasteiger charge is 2.10. The zero-order valence-corrected chi connectivity index (χ0v) is 12.4. The minimum Gasteiger partial charge on any atom is -0.449 e. The third-order valence-electron chi connectivity index (χ3n) is 3.43. The van der Waals surface area contributed by atoms with E-state index in [4.69, 9.17) is 4.42 Å². The van der Waals surface area contributed by atoms with Crippen LogP contribution in [0.1, 0.15) is 24.7 Å². The van der Waals surface area contributed by atoms with Crippen molar-refractivity contribution in [2.45, 2.75) is 19.9 Å². The monoisotopic (exact) mass is 282 g/mol. The SMILES string of the molecule is Cc1nc(-c2ccc(NC(C)c3nccn3C)cc2)co1. The van der Waals surface area contributed by atoms with E-state index < -0.39 is 0 Å². The van der Waals surface area contributed by atoms with Crippen molar-refractivity contribution in [3.05, 3.63) is 54.6 Å². The molecule has 0 saturated carbocycles. The molecule has 0 aliphatic heterocycles. The van der Waals surface area contributed by atoms with Crippen LogP contribution in [0.15, 0.2) is 47.3 Å². The van der Waals surface area contributed by atoms with Crippen molar-refractivity contribution in [2.75, 3.05) is 5.32 Å². The summed E-state index contributed by atoms with van der Waals surface area (Å²) in [5, 5.41) is 3.44. The second-order valence-electron chi connectivity index (χ2n) is 5.09. The van der Waals surface area contributed by atoms with Crippen LogP contribution in [0.25, 0.3) is 11.3 Å². The lowest BCUT2D eigenvalue weighted by Crippen LogP contribution is -2.11. The van der Waals surface area contributed by atoms with Crippen LogP contribution in [0.4, 0.5) is 5.69 Å². The number of imidazole rings is 1. The van der Waals surface area contributed by atoms with Gasteiger partial charge in [0.25, 0.3) is 0 Å². The minimum absolute atomic E-state index is 0.144. The van der Waals surface area contributed by atoms with Crippen LogP contribution < -0.4 is 5.32 Å². The lowest BCUT2D eigenvalue weighted by atomic mass is 10.1. The van der Waals surface area contributed by atoms with Crippen LogP contribution in [0.3, 0.4) is 0 Å². The smallest absolute Gasteiger partial charge is 0.191 e. The molecule has 1 N–H and O–H groups in total. The first-order chi connectivity index (χ1) is 10.1. The Balaban J connectivity index is 1.74. The number of anilines is 1. The summed E-state index contributed by atoms with van der Waals surface area (Å²) in [6, 6.07) is 8.29. The van der Waals surface area contributed by atoms with Gasteiger partial charge in [-0.1, -0.05) is 12.1 Å². The predicted molar refractivity (Wildman–Crippen MR) is 81.9 cm³/mol. The molecular weight excluding hydrogens is 264 g/mol. The van der Waals surface area contributed by atoms with Crippen molar-refractivity contribution in [3.63, 3.8) is 0 Å². The molecule has 3 aromatic rings. The van der Waals surface area contributed by atoms with Crippen molar-refractivity contribution < 1.29 is 4.42 Å². The fraction of sp³-hybridized carbons (Fsp3) is 0.250. The van der Waals surface area contributed by atoms with Crippen molar-refractivity contribution in [3.8, 4) is 11.3 Å². The third-order valence-corrected chi connectivity index (χ3v) is 3.43. The van der Waals surface area contributed by atoms with E-state index >= 15 is 0 Å². The Kier molecular flexibility index (Phi) is 3.48. The number of oxazole rings is 1. The van der Waals surface area contributed by atoms with Gasteiger partial charge in [-0.25, -0.2) is 9.97 Å². The standard InChI is InChI=1S/C16H18N4O/c1-11(16-17-8-9-20(16)3)18-14-6-4-13(5-7-14)15-10-21-12(2)19-15/h4-11,18H,1-3H3. The Morgan fingerprint density at radius 2 is 2.00 bits per heavy atom. The summed E-state index contributed by atoms with van der Waals surface area (Å²) in [4.78, 5) is 8.68. The Hall–Kier alpha value is -2.56. The number of aromatic nitrogens is 3. The van der Waals surface area contributed by atoms with Crippen LogP contribution in [0.2, 0.25) is 0 Å². The van der Waals surface area contributed by atoms with Crippen molar-refractivity contribution in [1.82, 2.24) is 14.5 Å². The Morgan fingerprint density at radius 1 is 1.24 bits per heavy atom. The largest absolute Gasteiger partial charge is 0.449 e. The lowest BCUT2D eigenvalue weighted by Gasteiger charge is -2.15. The van der Waals surface area contributed by atoms with Crippen LogP contribution in [-0.2, 0) is 7.05 Å². The first-order valence-corrected chi connectivity index (χ1v) is 6.90. The lowest BCUT2D eigenvalue weighted by molar-refractivity contribution is 0.521. The van der Waals surface area contributed by atoms with Gasteiger partial charge in [-0.2, -0.15) is 0 Å². The number of aryl methyl sites for hydroxylation is 2. The molecule has 3 rings (SSSR count). The van der Waals surface area contributed by atoms with Crippen molar-refractivity contribution >= 4 is 5.69 Å². The molecule has 0 aliphatic carbocycles.